The zero-order valence-electron chi connectivity index (χ0n) is 19.2. The number of aryl methyl sites for hydroxylation is 4. The van der Waals surface area contributed by atoms with Crippen molar-refractivity contribution in [2.75, 3.05) is 0 Å². The van der Waals surface area contributed by atoms with Crippen LogP contribution in [0.15, 0.2) is 48.8 Å². The van der Waals surface area contributed by atoms with Crippen LogP contribution < -0.4 is 0 Å². The summed E-state index contributed by atoms with van der Waals surface area (Å²) < 4.78 is 0. The molecule has 8 heteroatoms. The second kappa shape index (κ2) is 7.55. The van der Waals surface area contributed by atoms with Crippen LogP contribution in [0.1, 0.15) is 22.8 Å². The van der Waals surface area contributed by atoms with E-state index in [1.54, 1.807) is 12.4 Å². The third-order valence-corrected chi connectivity index (χ3v) is 6.00. The first kappa shape index (κ1) is 20.2. The highest BCUT2D eigenvalue weighted by molar-refractivity contribution is 6.18. The standard InChI is InChI=1S/C26H20N8/c1-13-15(3)31-23-21(29-13)22-24(32-16(4)14(2)30-22)26-25(23)33-19(17-9-5-7-11-27-17)20(34-26)18-10-6-8-12-28-18/h5-12H,1-4H3. The lowest BCUT2D eigenvalue weighted by Crippen LogP contribution is -2.04. The molecule has 0 unspecified atom stereocenters. The fraction of sp³-hybridized carbons (Fsp3) is 0.154. The quantitative estimate of drug-likeness (QED) is 0.348. The van der Waals surface area contributed by atoms with Gasteiger partial charge < -0.3 is 0 Å². The molecule has 5 heterocycles. The summed E-state index contributed by atoms with van der Waals surface area (Å²) in [6, 6.07) is 11.4. The van der Waals surface area contributed by atoms with Crippen molar-refractivity contribution in [3.63, 3.8) is 0 Å². The van der Waals surface area contributed by atoms with E-state index in [1.807, 2.05) is 64.1 Å². The van der Waals surface area contributed by atoms with Crippen LogP contribution in [0.25, 0.3) is 55.9 Å². The summed E-state index contributed by atoms with van der Waals surface area (Å²) >= 11 is 0. The molecule has 8 nitrogen and oxygen atoms in total. The summed E-state index contributed by atoms with van der Waals surface area (Å²) in [6.45, 7) is 7.78. The van der Waals surface area contributed by atoms with E-state index in [9.17, 15) is 0 Å². The van der Waals surface area contributed by atoms with Crippen molar-refractivity contribution < 1.29 is 0 Å². The maximum Gasteiger partial charge on any atom is 0.120 e. The number of rotatable bonds is 2. The van der Waals surface area contributed by atoms with Gasteiger partial charge in [0.25, 0.3) is 0 Å². The van der Waals surface area contributed by atoms with E-state index in [1.165, 1.54) is 0 Å². The van der Waals surface area contributed by atoms with E-state index in [0.717, 1.165) is 22.8 Å². The van der Waals surface area contributed by atoms with Gasteiger partial charge in [0, 0.05) is 12.4 Å². The summed E-state index contributed by atoms with van der Waals surface area (Å²) in [5, 5.41) is 0. The van der Waals surface area contributed by atoms with Gasteiger partial charge in [-0.25, -0.2) is 29.9 Å². The fourth-order valence-corrected chi connectivity index (χ4v) is 4.00. The molecule has 0 aliphatic rings. The van der Waals surface area contributed by atoms with Crippen molar-refractivity contribution in [1.29, 1.82) is 0 Å². The first-order valence-electron chi connectivity index (χ1n) is 11.0. The van der Waals surface area contributed by atoms with Crippen molar-refractivity contribution >= 4 is 33.1 Å². The first-order chi connectivity index (χ1) is 16.5. The number of benzene rings is 1. The van der Waals surface area contributed by atoms with Gasteiger partial charge in [-0.15, -0.1) is 0 Å². The van der Waals surface area contributed by atoms with Crippen LogP contribution in [0, 0.1) is 27.7 Å². The van der Waals surface area contributed by atoms with Gasteiger partial charge in [0.1, 0.15) is 44.5 Å². The molecular weight excluding hydrogens is 424 g/mol. The van der Waals surface area contributed by atoms with E-state index in [-0.39, 0.29) is 0 Å². The number of fused-ring (bicyclic) bond motifs is 6. The van der Waals surface area contributed by atoms with Crippen LogP contribution in [-0.4, -0.2) is 39.9 Å². The highest BCUT2D eigenvalue weighted by Crippen LogP contribution is 2.35. The molecule has 0 saturated carbocycles. The molecule has 1 aromatic carbocycles. The lowest BCUT2D eigenvalue weighted by atomic mass is 10.1. The molecule has 6 aromatic rings. The molecule has 0 aliphatic heterocycles. The van der Waals surface area contributed by atoms with Gasteiger partial charge >= 0.3 is 0 Å². The summed E-state index contributed by atoms with van der Waals surface area (Å²) in [5.41, 5.74) is 9.91. The van der Waals surface area contributed by atoms with Crippen LogP contribution in [0.5, 0.6) is 0 Å². The first-order valence-corrected chi connectivity index (χ1v) is 11.0. The molecule has 0 aliphatic carbocycles. The Kier molecular flexibility index (Phi) is 4.48. The predicted octanol–water partition coefficient (Wildman–Crippen LogP) is 4.87. The minimum Gasteiger partial charge on any atom is -0.255 e. The Labute approximate surface area is 195 Å². The van der Waals surface area contributed by atoms with Crippen LogP contribution in [0.2, 0.25) is 0 Å². The van der Waals surface area contributed by atoms with Gasteiger partial charge in [0.05, 0.1) is 34.2 Å². The number of hydrogen-bond acceptors (Lipinski definition) is 8. The van der Waals surface area contributed by atoms with Crippen molar-refractivity contribution in [3.05, 3.63) is 71.6 Å². The van der Waals surface area contributed by atoms with E-state index < -0.39 is 0 Å². The normalized spacial score (nSPS) is 11.5. The molecular formula is C26H20N8. The number of aromatic nitrogens is 8. The predicted molar refractivity (Wildman–Crippen MR) is 131 cm³/mol. The van der Waals surface area contributed by atoms with Crippen LogP contribution in [0.3, 0.4) is 0 Å². The van der Waals surface area contributed by atoms with Crippen molar-refractivity contribution in [3.8, 4) is 22.8 Å². The second-order valence-electron chi connectivity index (χ2n) is 8.23. The Bertz CT molecular complexity index is 1600. The SMILES string of the molecule is Cc1nc2c3nc(C)c(C)nc3c3nc(-c4ccccn4)c(-c4ccccn4)nc3c2nc1C. The Hall–Kier alpha value is -4.46. The van der Waals surface area contributed by atoms with Gasteiger partial charge in [-0.1, -0.05) is 12.1 Å². The number of pyridine rings is 2. The molecule has 0 radical (unpaired) electrons. The summed E-state index contributed by atoms with van der Waals surface area (Å²) in [4.78, 5) is 38.7. The Morgan fingerprint density at radius 3 is 1.03 bits per heavy atom. The summed E-state index contributed by atoms with van der Waals surface area (Å²) in [7, 11) is 0. The van der Waals surface area contributed by atoms with Gasteiger partial charge in [-0.05, 0) is 52.0 Å². The Morgan fingerprint density at radius 1 is 0.412 bits per heavy atom. The van der Waals surface area contributed by atoms with E-state index in [4.69, 9.17) is 29.9 Å². The third kappa shape index (κ3) is 3.07. The average molecular weight is 445 g/mol. The highest BCUT2D eigenvalue weighted by Gasteiger charge is 2.22. The topological polar surface area (TPSA) is 103 Å². The highest BCUT2D eigenvalue weighted by atomic mass is 15.0. The molecule has 164 valence electrons. The zero-order chi connectivity index (χ0) is 23.4. The number of nitrogens with zero attached hydrogens (tertiary/aromatic N) is 8. The van der Waals surface area contributed by atoms with Crippen LogP contribution in [0.4, 0.5) is 0 Å². The largest absolute Gasteiger partial charge is 0.255 e. The molecule has 0 bridgehead atoms. The lowest BCUT2D eigenvalue weighted by molar-refractivity contribution is 1.08. The Morgan fingerprint density at radius 2 is 0.735 bits per heavy atom. The molecule has 0 spiro atoms. The van der Waals surface area contributed by atoms with Gasteiger partial charge in [-0.3, -0.25) is 9.97 Å². The average Bonchev–Trinajstić information content (AvgIpc) is 2.87. The smallest absolute Gasteiger partial charge is 0.120 e. The summed E-state index contributed by atoms with van der Waals surface area (Å²) in [6.07, 6.45) is 3.49. The zero-order valence-corrected chi connectivity index (χ0v) is 19.2. The molecule has 0 N–H and O–H groups in total. The number of hydrogen-bond donors (Lipinski definition) is 0. The maximum atomic E-state index is 5.09. The van der Waals surface area contributed by atoms with E-state index in [0.29, 0.717) is 55.9 Å². The van der Waals surface area contributed by atoms with Gasteiger partial charge in [0.15, 0.2) is 0 Å². The van der Waals surface area contributed by atoms with Crippen molar-refractivity contribution in [2.24, 2.45) is 0 Å². The summed E-state index contributed by atoms with van der Waals surface area (Å²) in [5.74, 6) is 0. The minimum absolute atomic E-state index is 0.621. The molecule has 5 aromatic heterocycles. The van der Waals surface area contributed by atoms with Crippen LogP contribution >= 0.6 is 0 Å². The molecule has 0 saturated heterocycles. The molecule has 0 amide bonds. The van der Waals surface area contributed by atoms with E-state index >= 15 is 0 Å². The minimum atomic E-state index is 0.621. The van der Waals surface area contributed by atoms with Crippen LogP contribution in [-0.2, 0) is 0 Å². The third-order valence-electron chi connectivity index (χ3n) is 6.00. The van der Waals surface area contributed by atoms with Crippen molar-refractivity contribution in [2.45, 2.75) is 27.7 Å². The fourth-order valence-electron chi connectivity index (χ4n) is 4.00. The van der Waals surface area contributed by atoms with Crippen molar-refractivity contribution in [1.82, 2.24) is 39.9 Å². The second-order valence-corrected chi connectivity index (χ2v) is 8.23. The molecule has 0 atom stereocenters. The van der Waals surface area contributed by atoms with E-state index in [2.05, 4.69) is 9.97 Å². The molecule has 6 rings (SSSR count). The monoisotopic (exact) mass is 444 g/mol. The van der Waals surface area contributed by atoms with Gasteiger partial charge in [-0.2, -0.15) is 0 Å². The van der Waals surface area contributed by atoms with Gasteiger partial charge in [0.2, 0.25) is 0 Å². The maximum absolute atomic E-state index is 5.09. The lowest BCUT2D eigenvalue weighted by Gasteiger charge is -2.14. The Balaban J connectivity index is 1.86. The molecule has 0 fully saturated rings. The molecule has 34 heavy (non-hydrogen) atoms.